The Bertz CT molecular complexity index is 417. The molecule has 0 aliphatic carbocycles. The summed E-state index contributed by atoms with van der Waals surface area (Å²) in [6, 6.07) is 6.31. The van der Waals surface area contributed by atoms with E-state index >= 15 is 0 Å². The van der Waals surface area contributed by atoms with E-state index in [1.54, 1.807) is 0 Å². The van der Waals surface area contributed by atoms with Gasteiger partial charge in [0.25, 0.3) is 0 Å². The van der Waals surface area contributed by atoms with Gasteiger partial charge in [-0.2, -0.15) is 0 Å². The van der Waals surface area contributed by atoms with Crippen molar-refractivity contribution in [2.75, 3.05) is 6.61 Å². The third kappa shape index (κ3) is 3.67. The van der Waals surface area contributed by atoms with Crippen molar-refractivity contribution < 1.29 is 9.53 Å². The molecule has 1 aliphatic heterocycles. The zero-order valence-electron chi connectivity index (χ0n) is 11.4. The molecule has 2 nitrogen and oxygen atoms in total. The van der Waals surface area contributed by atoms with E-state index in [9.17, 15) is 4.79 Å². The summed E-state index contributed by atoms with van der Waals surface area (Å²) in [6.07, 6.45) is 4.71. The fourth-order valence-corrected chi connectivity index (χ4v) is 2.49. The third-order valence-electron chi connectivity index (χ3n) is 3.66. The Morgan fingerprint density at radius 1 is 1.39 bits per heavy atom. The summed E-state index contributed by atoms with van der Waals surface area (Å²) in [7, 11) is 0. The van der Waals surface area contributed by atoms with E-state index in [-0.39, 0.29) is 0 Å². The second kappa shape index (κ2) is 6.14. The van der Waals surface area contributed by atoms with Crippen LogP contribution < -0.4 is 0 Å². The number of Topliss-reactive ketones (excluding diaryl/α,β-unsaturated/α-hetero) is 1. The predicted molar refractivity (Wildman–Crippen MR) is 72.8 cm³/mol. The molecule has 98 valence electrons. The lowest BCUT2D eigenvalue weighted by atomic mass is 9.98. The predicted octanol–water partition coefficient (Wildman–Crippen LogP) is 3.37. The Balaban J connectivity index is 1.84. The normalized spacial score (nSPS) is 19.1. The minimum Gasteiger partial charge on any atom is -0.378 e. The average molecular weight is 246 g/mol. The number of rotatable bonds is 5. The van der Waals surface area contributed by atoms with Gasteiger partial charge in [0.2, 0.25) is 0 Å². The van der Waals surface area contributed by atoms with Gasteiger partial charge in [-0.3, -0.25) is 4.79 Å². The minimum atomic E-state index is 0.326. The number of benzene rings is 1. The molecule has 1 heterocycles. The summed E-state index contributed by atoms with van der Waals surface area (Å²) in [5.41, 5.74) is 3.61. The summed E-state index contributed by atoms with van der Waals surface area (Å²) in [5, 5.41) is 0. The van der Waals surface area contributed by atoms with Crippen molar-refractivity contribution in [2.24, 2.45) is 0 Å². The molecule has 1 aromatic rings. The van der Waals surface area contributed by atoms with Crippen LogP contribution in [0, 0.1) is 13.8 Å². The van der Waals surface area contributed by atoms with Crippen molar-refractivity contribution >= 4 is 5.78 Å². The highest BCUT2D eigenvalue weighted by Crippen LogP contribution is 2.18. The second-order valence-corrected chi connectivity index (χ2v) is 5.32. The van der Waals surface area contributed by atoms with Crippen LogP contribution in [0.4, 0.5) is 0 Å². The highest BCUT2D eigenvalue weighted by Gasteiger charge is 2.17. The van der Waals surface area contributed by atoms with E-state index in [1.807, 2.05) is 0 Å². The van der Waals surface area contributed by atoms with Crippen molar-refractivity contribution in [1.82, 2.24) is 0 Å². The maximum atomic E-state index is 12.0. The molecule has 1 saturated heterocycles. The maximum Gasteiger partial charge on any atom is 0.137 e. The summed E-state index contributed by atoms with van der Waals surface area (Å²) in [6.45, 7) is 5.01. The van der Waals surface area contributed by atoms with Gasteiger partial charge in [0.15, 0.2) is 0 Å². The van der Waals surface area contributed by atoms with E-state index in [4.69, 9.17) is 4.74 Å². The number of carbonyl (C=O) groups excluding carboxylic acids is 1. The van der Waals surface area contributed by atoms with E-state index in [1.165, 1.54) is 16.7 Å². The molecule has 2 rings (SSSR count). The van der Waals surface area contributed by atoms with Crippen LogP contribution in [0.1, 0.15) is 42.4 Å². The molecular weight excluding hydrogens is 224 g/mol. The fourth-order valence-electron chi connectivity index (χ4n) is 2.49. The zero-order chi connectivity index (χ0) is 13.0. The summed E-state index contributed by atoms with van der Waals surface area (Å²) >= 11 is 0. The molecule has 0 N–H and O–H groups in total. The van der Waals surface area contributed by atoms with Crippen LogP contribution in [0.25, 0.3) is 0 Å². The fraction of sp³-hybridized carbons (Fsp3) is 0.562. The quantitative estimate of drug-likeness (QED) is 0.796. The minimum absolute atomic E-state index is 0.326. The number of hydrogen-bond acceptors (Lipinski definition) is 2. The zero-order valence-corrected chi connectivity index (χ0v) is 11.4. The third-order valence-corrected chi connectivity index (χ3v) is 3.66. The van der Waals surface area contributed by atoms with E-state index in [2.05, 4.69) is 32.0 Å². The van der Waals surface area contributed by atoms with Gasteiger partial charge in [-0.05, 0) is 44.2 Å². The highest BCUT2D eigenvalue weighted by atomic mass is 16.5. The molecule has 0 amide bonds. The molecular formula is C16H22O2. The lowest BCUT2D eigenvalue weighted by Gasteiger charge is -2.09. The number of hydrogen-bond donors (Lipinski definition) is 0. The molecule has 0 saturated carbocycles. The van der Waals surface area contributed by atoms with Crippen LogP contribution >= 0.6 is 0 Å². The Morgan fingerprint density at radius 2 is 2.22 bits per heavy atom. The van der Waals surface area contributed by atoms with Gasteiger partial charge in [-0.25, -0.2) is 0 Å². The van der Waals surface area contributed by atoms with Crippen molar-refractivity contribution in [3.63, 3.8) is 0 Å². The van der Waals surface area contributed by atoms with Crippen LogP contribution in [0.15, 0.2) is 18.2 Å². The van der Waals surface area contributed by atoms with Gasteiger partial charge < -0.3 is 4.74 Å². The van der Waals surface area contributed by atoms with Crippen LogP contribution in [0.5, 0.6) is 0 Å². The molecule has 1 aromatic carbocycles. The molecule has 0 radical (unpaired) electrons. The first-order chi connectivity index (χ1) is 8.65. The molecule has 0 spiro atoms. The second-order valence-electron chi connectivity index (χ2n) is 5.32. The van der Waals surface area contributed by atoms with Gasteiger partial charge in [-0.1, -0.05) is 23.8 Å². The summed E-state index contributed by atoms with van der Waals surface area (Å²) < 4.78 is 5.54. The largest absolute Gasteiger partial charge is 0.378 e. The number of carbonyl (C=O) groups is 1. The summed E-state index contributed by atoms with van der Waals surface area (Å²) in [4.78, 5) is 12.0. The first-order valence-electron chi connectivity index (χ1n) is 6.84. The van der Waals surface area contributed by atoms with Crippen molar-refractivity contribution in [3.05, 3.63) is 34.9 Å². The van der Waals surface area contributed by atoms with E-state index in [0.29, 0.717) is 24.7 Å². The van der Waals surface area contributed by atoms with Gasteiger partial charge >= 0.3 is 0 Å². The van der Waals surface area contributed by atoms with Crippen molar-refractivity contribution in [1.29, 1.82) is 0 Å². The number of ether oxygens (including phenoxy) is 1. The van der Waals surface area contributed by atoms with Crippen LogP contribution in [0.2, 0.25) is 0 Å². The van der Waals surface area contributed by atoms with E-state index < -0.39 is 0 Å². The number of ketones is 1. The Labute approximate surface area is 109 Å². The topological polar surface area (TPSA) is 26.3 Å². The van der Waals surface area contributed by atoms with Crippen molar-refractivity contribution in [2.45, 2.75) is 52.1 Å². The highest BCUT2D eigenvalue weighted by molar-refractivity contribution is 5.81. The van der Waals surface area contributed by atoms with Gasteiger partial charge in [0, 0.05) is 19.4 Å². The first-order valence-corrected chi connectivity index (χ1v) is 6.84. The molecule has 1 aliphatic rings. The molecule has 0 aromatic heterocycles. The first kappa shape index (κ1) is 13.3. The average Bonchev–Trinajstić information content (AvgIpc) is 2.84. The molecule has 18 heavy (non-hydrogen) atoms. The Morgan fingerprint density at radius 3 is 2.94 bits per heavy atom. The molecule has 0 bridgehead atoms. The SMILES string of the molecule is Cc1ccc(C)c(CC(=O)CCC2CCCO2)c1. The Hall–Kier alpha value is -1.15. The lowest BCUT2D eigenvalue weighted by molar-refractivity contribution is -0.119. The Kier molecular flexibility index (Phi) is 4.54. The lowest BCUT2D eigenvalue weighted by Crippen LogP contribution is -2.10. The van der Waals surface area contributed by atoms with Crippen LogP contribution in [0.3, 0.4) is 0 Å². The smallest absolute Gasteiger partial charge is 0.137 e. The van der Waals surface area contributed by atoms with Gasteiger partial charge in [0.1, 0.15) is 5.78 Å². The van der Waals surface area contributed by atoms with Crippen molar-refractivity contribution in [3.8, 4) is 0 Å². The molecule has 1 atom stereocenters. The van der Waals surface area contributed by atoms with Gasteiger partial charge in [0.05, 0.1) is 6.10 Å². The maximum absolute atomic E-state index is 12.0. The monoisotopic (exact) mass is 246 g/mol. The summed E-state index contributed by atoms with van der Waals surface area (Å²) in [5.74, 6) is 0.333. The van der Waals surface area contributed by atoms with E-state index in [0.717, 1.165) is 25.9 Å². The molecule has 2 heteroatoms. The van der Waals surface area contributed by atoms with Crippen LogP contribution in [-0.2, 0) is 16.0 Å². The van der Waals surface area contributed by atoms with Gasteiger partial charge in [-0.15, -0.1) is 0 Å². The van der Waals surface area contributed by atoms with Crippen LogP contribution in [-0.4, -0.2) is 18.5 Å². The number of aryl methyl sites for hydroxylation is 2. The standard InChI is InChI=1S/C16H22O2/c1-12-5-6-13(2)14(10-12)11-15(17)7-8-16-4-3-9-18-16/h5-6,10,16H,3-4,7-9,11H2,1-2H3. The molecule has 1 fully saturated rings. The molecule has 1 unspecified atom stereocenters.